The van der Waals surface area contributed by atoms with E-state index in [1.165, 1.54) is 17.5 Å². The zero-order chi connectivity index (χ0) is 13.9. The lowest BCUT2D eigenvalue weighted by Gasteiger charge is -2.25. The minimum atomic E-state index is -0.0796. The predicted octanol–water partition coefficient (Wildman–Crippen LogP) is 0.769. The van der Waals surface area contributed by atoms with Crippen LogP contribution in [0.15, 0.2) is 24.3 Å². The Morgan fingerprint density at radius 3 is 2.95 bits per heavy atom. The number of likely N-dealkylation sites (tertiary alicyclic amines) is 1. The zero-order valence-electron chi connectivity index (χ0n) is 12.1. The number of fused-ring (bicyclic) bond motifs is 1. The summed E-state index contributed by atoms with van der Waals surface area (Å²) in [7, 11) is 2.14. The first-order chi connectivity index (χ1) is 9.72. The van der Waals surface area contributed by atoms with Crippen molar-refractivity contribution in [3.63, 3.8) is 0 Å². The molecule has 1 unspecified atom stereocenters. The molecule has 4 nitrogen and oxygen atoms in total. The molecule has 1 aromatic carbocycles. The number of amides is 1. The summed E-state index contributed by atoms with van der Waals surface area (Å²) < 4.78 is 0. The lowest BCUT2D eigenvalue weighted by atomic mass is 9.95. The van der Waals surface area contributed by atoms with Gasteiger partial charge in [-0.3, -0.25) is 4.79 Å². The van der Waals surface area contributed by atoms with E-state index in [0.717, 1.165) is 32.6 Å². The monoisotopic (exact) mass is 273 g/mol. The first-order valence-corrected chi connectivity index (χ1v) is 7.49. The highest BCUT2D eigenvalue weighted by molar-refractivity contribution is 5.82. The van der Waals surface area contributed by atoms with Gasteiger partial charge < -0.3 is 15.5 Å². The van der Waals surface area contributed by atoms with Gasteiger partial charge in [0.05, 0.1) is 6.04 Å². The topological polar surface area (TPSA) is 44.4 Å². The molecule has 3 rings (SSSR count). The largest absolute Gasteiger partial charge is 0.354 e. The van der Waals surface area contributed by atoms with Gasteiger partial charge in [0.25, 0.3) is 0 Å². The molecule has 0 radical (unpaired) electrons. The van der Waals surface area contributed by atoms with Gasteiger partial charge in [-0.1, -0.05) is 24.3 Å². The van der Waals surface area contributed by atoms with Crippen molar-refractivity contribution in [2.24, 2.45) is 5.92 Å². The molecule has 20 heavy (non-hydrogen) atoms. The van der Waals surface area contributed by atoms with Crippen LogP contribution >= 0.6 is 0 Å². The fourth-order valence-electron chi connectivity index (χ4n) is 3.20. The Labute approximate surface area is 120 Å². The third kappa shape index (κ3) is 3.02. The Morgan fingerprint density at radius 2 is 2.20 bits per heavy atom. The molecule has 1 saturated heterocycles. The van der Waals surface area contributed by atoms with E-state index in [4.69, 9.17) is 0 Å². The molecule has 1 aromatic rings. The van der Waals surface area contributed by atoms with Crippen LogP contribution in [0.2, 0.25) is 0 Å². The average Bonchev–Trinajstić information content (AvgIpc) is 2.90. The highest BCUT2D eigenvalue weighted by Gasteiger charge is 2.25. The fourth-order valence-corrected chi connectivity index (χ4v) is 3.20. The number of rotatable bonds is 3. The number of hydrogen-bond donors (Lipinski definition) is 2. The molecule has 2 aliphatic rings. The maximum absolute atomic E-state index is 12.3. The summed E-state index contributed by atoms with van der Waals surface area (Å²) in [5.74, 6) is 0.758. The van der Waals surface area contributed by atoms with Crippen molar-refractivity contribution in [3.8, 4) is 0 Å². The van der Waals surface area contributed by atoms with E-state index >= 15 is 0 Å². The predicted molar refractivity (Wildman–Crippen MR) is 79.4 cm³/mol. The summed E-state index contributed by atoms with van der Waals surface area (Å²) in [5.41, 5.74) is 2.61. The quantitative estimate of drug-likeness (QED) is 0.855. The number of benzene rings is 1. The van der Waals surface area contributed by atoms with Crippen LogP contribution in [0.3, 0.4) is 0 Å². The molecular weight excluding hydrogens is 250 g/mol. The molecule has 2 heterocycles. The molecular formula is C16H23N3O. The first-order valence-electron chi connectivity index (χ1n) is 7.49. The van der Waals surface area contributed by atoms with Crippen molar-refractivity contribution in [2.75, 3.05) is 26.7 Å². The van der Waals surface area contributed by atoms with E-state index < -0.39 is 0 Å². The van der Waals surface area contributed by atoms with Crippen molar-refractivity contribution in [3.05, 3.63) is 35.4 Å². The number of hydrogen-bond acceptors (Lipinski definition) is 3. The molecule has 2 atom stereocenters. The van der Waals surface area contributed by atoms with E-state index in [9.17, 15) is 4.79 Å². The molecule has 0 spiro atoms. The number of nitrogens with zero attached hydrogens (tertiary/aromatic N) is 1. The van der Waals surface area contributed by atoms with Gasteiger partial charge in [0.2, 0.25) is 5.91 Å². The fraction of sp³-hybridized carbons (Fsp3) is 0.562. The van der Waals surface area contributed by atoms with Crippen LogP contribution in [-0.4, -0.2) is 43.5 Å². The molecule has 1 amide bonds. The standard InChI is InChI=1S/C16H23N3O/c1-19-7-6-12(11-19)9-18-16(20)15-8-13-4-2-3-5-14(13)10-17-15/h2-5,12,15,17H,6-11H2,1H3,(H,18,20)/t12?,15-/m1/s1. The number of carbonyl (C=O) groups excluding carboxylic acids is 1. The Balaban J connectivity index is 1.51. The molecule has 0 aromatic heterocycles. The minimum absolute atomic E-state index is 0.0796. The second kappa shape index (κ2) is 5.94. The molecule has 108 valence electrons. The van der Waals surface area contributed by atoms with E-state index in [2.05, 4.69) is 40.8 Å². The summed E-state index contributed by atoms with van der Waals surface area (Å²) >= 11 is 0. The van der Waals surface area contributed by atoms with Crippen LogP contribution in [0.25, 0.3) is 0 Å². The highest BCUT2D eigenvalue weighted by atomic mass is 16.2. The molecule has 2 N–H and O–H groups in total. The normalized spacial score (nSPS) is 26.2. The summed E-state index contributed by atoms with van der Waals surface area (Å²) in [6.45, 7) is 3.85. The molecule has 4 heteroatoms. The van der Waals surface area contributed by atoms with Gasteiger partial charge in [0.1, 0.15) is 0 Å². The van der Waals surface area contributed by atoms with Gasteiger partial charge in [-0.05, 0) is 43.5 Å². The van der Waals surface area contributed by atoms with Crippen molar-refractivity contribution >= 4 is 5.91 Å². The Hall–Kier alpha value is -1.39. The number of nitrogens with one attached hydrogen (secondary N) is 2. The maximum Gasteiger partial charge on any atom is 0.237 e. The van der Waals surface area contributed by atoms with Gasteiger partial charge >= 0.3 is 0 Å². The molecule has 0 saturated carbocycles. The lowest BCUT2D eigenvalue weighted by Crippen LogP contribution is -2.48. The third-order valence-electron chi connectivity index (χ3n) is 4.45. The Morgan fingerprint density at radius 1 is 1.40 bits per heavy atom. The summed E-state index contributed by atoms with van der Waals surface area (Å²) in [5, 5.41) is 6.45. The van der Waals surface area contributed by atoms with E-state index in [1.807, 2.05) is 6.07 Å². The average molecular weight is 273 g/mol. The smallest absolute Gasteiger partial charge is 0.237 e. The van der Waals surface area contributed by atoms with Crippen molar-refractivity contribution < 1.29 is 4.79 Å². The second-order valence-corrected chi connectivity index (χ2v) is 6.07. The van der Waals surface area contributed by atoms with Crippen LogP contribution in [0.4, 0.5) is 0 Å². The molecule has 1 fully saturated rings. The van der Waals surface area contributed by atoms with Crippen LogP contribution in [0.1, 0.15) is 17.5 Å². The van der Waals surface area contributed by atoms with Crippen LogP contribution < -0.4 is 10.6 Å². The van der Waals surface area contributed by atoms with Crippen molar-refractivity contribution in [2.45, 2.75) is 25.4 Å². The van der Waals surface area contributed by atoms with Crippen molar-refractivity contribution in [1.29, 1.82) is 0 Å². The molecule has 0 bridgehead atoms. The Kier molecular flexibility index (Phi) is 4.03. The second-order valence-electron chi connectivity index (χ2n) is 6.07. The highest BCUT2D eigenvalue weighted by Crippen LogP contribution is 2.17. The lowest BCUT2D eigenvalue weighted by molar-refractivity contribution is -0.123. The van der Waals surface area contributed by atoms with Crippen LogP contribution in [0.5, 0.6) is 0 Å². The van der Waals surface area contributed by atoms with Gasteiger partial charge in [-0.2, -0.15) is 0 Å². The number of carbonyl (C=O) groups is 1. The Bertz CT molecular complexity index is 488. The first kappa shape index (κ1) is 13.6. The zero-order valence-corrected chi connectivity index (χ0v) is 12.1. The van der Waals surface area contributed by atoms with Crippen LogP contribution in [0, 0.1) is 5.92 Å². The maximum atomic E-state index is 12.3. The molecule has 0 aliphatic carbocycles. The summed E-state index contributed by atoms with van der Waals surface area (Å²) in [6.07, 6.45) is 1.99. The van der Waals surface area contributed by atoms with E-state index in [-0.39, 0.29) is 11.9 Å². The summed E-state index contributed by atoms with van der Waals surface area (Å²) in [6, 6.07) is 8.28. The van der Waals surface area contributed by atoms with Gasteiger partial charge in [0, 0.05) is 19.6 Å². The SMILES string of the molecule is CN1CCC(CNC(=O)[C@H]2Cc3ccccc3CN2)C1. The van der Waals surface area contributed by atoms with Gasteiger partial charge in [-0.15, -0.1) is 0 Å². The van der Waals surface area contributed by atoms with Gasteiger partial charge in [0.15, 0.2) is 0 Å². The van der Waals surface area contributed by atoms with E-state index in [1.54, 1.807) is 0 Å². The van der Waals surface area contributed by atoms with Crippen molar-refractivity contribution in [1.82, 2.24) is 15.5 Å². The minimum Gasteiger partial charge on any atom is -0.354 e. The summed E-state index contributed by atoms with van der Waals surface area (Å²) in [4.78, 5) is 14.6. The van der Waals surface area contributed by atoms with E-state index in [0.29, 0.717) is 5.92 Å². The van der Waals surface area contributed by atoms with Gasteiger partial charge in [-0.25, -0.2) is 0 Å². The third-order valence-corrected chi connectivity index (χ3v) is 4.45. The molecule has 2 aliphatic heterocycles. The van der Waals surface area contributed by atoms with Crippen LogP contribution in [-0.2, 0) is 17.8 Å².